The van der Waals surface area contributed by atoms with Gasteiger partial charge in [-0.1, -0.05) is 42.5 Å². The van der Waals surface area contributed by atoms with E-state index in [4.69, 9.17) is 9.47 Å². The van der Waals surface area contributed by atoms with Crippen LogP contribution >= 0.6 is 11.8 Å². The molecule has 0 radical (unpaired) electrons. The van der Waals surface area contributed by atoms with E-state index in [2.05, 4.69) is 37.9 Å². The van der Waals surface area contributed by atoms with Crippen LogP contribution in [0, 0.1) is 10.1 Å². The third-order valence-corrected chi connectivity index (χ3v) is 13.2. The number of carbonyl (C=O) groups is 1. The quantitative estimate of drug-likeness (QED) is 0.0626. The topological polar surface area (TPSA) is 147 Å². The van der Waals surface area contributed by atoms with Gasteiger partial charge in [0.2, 0.25) is 0 Å². The number of sulfonamides is 1. The highest BCUT2D eigenvalue weighted by molar-refractivity contribution is 7.99. The van der Waals surface area contributed by atoms with Crippen LogP contribution in [-0.4, -0.2) is 125 Å². The van der Waals surface area contributed by atoms with Crippen molar-refractivity contribution < 1.29 is 27.6 Å². The Morgan fingerprint density at radius 1 is 0.897 bits per heavy atom. The molecule has 2 heterocycles. The molecule has 58 heavy (non-hydrogen) atoms. The summed E-state index contributed by atoms with van der Waals surface area (Å²) in [5.74, 6) is 0.513. The SMILES string of the molecule is COc1cc(CCCN2CCOCC2)ccc1-c1ccc(C(=O)NS(=O)(=O)c2ccc(N[C@H](CCCN3CCN(C)CC3)CSc3ccccc3)c([N+](=O)[O-])c2)cc1. The molecule has 0 aliphatic carbocycles. The van der Waals surface area contributed by atoms with Crippen LogP contribution in [0.2, 0.25) is 0 Å². The van der Waals surface area contributed by atoms with E-state index in [1.165, 1.54) is 12.1 Å². The molecule has 4 aromatic carbocycles. The number of hydrogen-bond donors (Lipinski definition) is 2. The fraction of sp³-hybridized carbons (Fsp3) is 0.419. The van der Waals surface area contributed by atoms with Crippen molar-refractivity contribution in [1.82, 2.24) is 19.4 Å². The largest absolute Gasteiger partial charge is 0.496 e. The van der Waals surface area contributed by atoms with Gasteiger partial charge in [0.05, 0.1) is 30.1 Å². The number of piperazine rings is 1. The van der Waals surface area contributed by atoms with Crippen LogP contribution in [0.5, 0.6) is 5.75 Å². The van der Waals surface area contributed by atoms with E-state index >= 15 is 0 Å². The number of rotatable bonds is 19. The van der Waals surface area contributed by atoms with Gasteiger partial charge < -0.3 is 24.6 Å². The van der Waals surface area contributed by atoms with Gasteiger partial charge in [-0.15, -0.1) is 11.8 Å². The molecule has 15 heteroatoms. The molecule has 2 N–H and O–H groups in total. The maximum absolute atomic E-state index is 13.5. The van der Waals surface area contributed by atoms with Crippen LogP contribution in [-0.2, 0) is 21.2 Å². The Labute approximate surface area is 346 Å². The first kappa shape index (κ1) is 43.1. The summed E-state index contributed by atoms with van der Waals surface area (Å²) in [5.41, 5.74) is 2.77. The molecule has 13 nitrogen and oxygen atoms in total. The van der Waals surface area contributed by atoms with Crippen LogP contribution in [0.3, 0.4) is 0 Å². The molecular weight excluding hydrogens is 777 g/mol. The average Bonchev–Trinajstić information content (AvgIpc) is 3.24. The van der Waals surface area contributed by atoms with Gasteiger partial charge in [0.25, 0.3) is 21.6 Å². The molecule has 0 aromatic heterocycles. The van der Waals surface area contributed by atoms with E-state index in [9.17, 15) is 23.3 Å². The fourth-order valence-corrected chi connectivity index (χ4v) is 9.20. The van der Waals surface area contributed by atoms with Crippen molar-refractivity contribution in [2.75, 3.05) is 90.8 Å². The van der Waals surface area contributed by atoms with E-state index in [1.54, 1.807) is 43.1 Å². The van der Waals surface area contributed by atoms with Gasteiger partial charge in [-0.25, -0.2) is 13.1 Å². The zero-order chi connectivity index (χ0) is 40.9. The van der Waals surface area contributed by atoms with Gasteiger partial charge in [0, 0.05) is 73.2 Å². The second-order valence-corrected chi connectivity index (χ2v) is 17.6. The molecule has 2 aliphatic rings. The number of methoxy groups -OCH3 is 1. The summed E-state index contributed by atoms with van der Waals surface area (Å²) in [6.45, 7) is 9.51. The number of ether oxygens (including phenoxy) is 2. The minimum atomic E-state index is -4.45. The van der Waals surface area contributed by atoms with Gasteiger partial charge in [-0.3, -0.25) is 19.8 Å². The zero-order valence-corrected chi connectivity index (χ0v) is 34.9. The van der Waals surface area contributed by atoms with Crippen molar-refractivity contribution in [3.05, 3.63) is 112 Å². The summed E-state index contributed by atoms with van der Waals surface area (Å²) >= 11 is 1.66. The lowest BCUT2D eigenvalue weighted by Gasteiger charge is -2.32. The van der Waals surface area contributed by atoms with Gasteiger partial charge in [-0.05, 0) is 99.4 Å². The number of nitro groups is 1. The Bertz CT molecular complexity index is 2070. The number of nitro benzene ring substituents is 1. The molecule has 0 unspecified atom stereocenters. The van der Waals surface area contributed by atoms with Gasteiger partial charge in [0.15, 0.2) is 0 Å². The molecule has 0 spiro atoms. The summed E-state index contributed by atoms with van der Waals surface area (Å²) in [4.78, 5) is 32.8. The first-order valence-electron chi connectivity index (χ1n) is 19.9. The van der Waals surface area contributed by atoms with Crippen molar-refractivity contribution >= 4 is 39.1 Å². The lowest BCUT2D eigenvalue weighted by atomic mass is 9.99. The monoisotopic (exact) mass is 830 g/mol. The molecule has 310 valence electrons. The van der Waals surface area contributed by atoms with Gasteiger partial charge in [0.1, 0.15) is 11.4 Å². The minimum absolute atomic E-state index is 0.120. The van der Waals surface area contributed by atoms with Crippen molar-refractivity contribution in [1.29, 1.82) is 0 Å². The predicted molar refractivity (Wildman–Crippen MR) is 230 cm³/mol. The molecule has 6 rings (SSSR count). The molecule has 0 bridgehead atoms. The Hall–Kier alpha value is -4.51. The molecule has 2 aliphatic heterocycles. The Balaban J connectivity index is 1.09. The van der Waals surface area contributed by atoms with Crippen molar-refractivity contribution in [2.24, 2.45) is 0 Å². The minimum Gasteiger partial charge on any atom is -0.496 e. The first-order valence-corrected chi connectivity index (χ1v) is 22.3. The number of thioether (sulfide) groups is 1. The van der Waals surface area contributed by atoms with Crippen LogP contribution in [0.4, 0.5) is 11.4 Å². The highest BCUT2D eigenvalue weighted by Gasteiger charge is 2.26. The number of nitrogens with one attached hydrogen (secondary N) is 2. The zero-order valence-electron chi connectivity index (χ0n) is 33.3. The van der Waals surface area contributed by atoms with E-state index in [0.717, 1.165) is 119 Å². The number of morpholine rings is 1. The predicted octanol–water partition coefficient (Wildman–Crippen LogP) is 6.25. The summed E-state index contributed by atoms with van der Waals surface area (Å²) in [6, 6.07) is 26.2. The molecule has 1 amide bonds. The molecular formula is C43H54N6O7S2. The Morgan fingerprint density at radius 2 is 1.60 bits per heavy atom. The van der Waals surface area contributed by atoms with Crippen LogP contribution in [0.1, 0.15) is 35.2 Å². The van der Waals surface area contributed by atoms with E-state index in [-0.39, 0.29) is 27.9 Å². The number of nitrogens with zero attached hydrogens (tertiary/aromatic N) is 4. The molecule has 2 fully saturated rings. The number of anilines is 1. The van der Waals surface area contributed by atoms with E-state index < -0.39 is 20.9 Å². The average molecular weight is 831 g/mol. The second kappa shape index (κ2) is 21.0. The van der Waals surface area contributed by atoms with Crippen LogP contribution in [0.25, 0.3) is 11.1 Å². The molecule has 2 saturated heterocycles. The van der Waals surface area contributed by atoms with Gasteiger partial charge >= 0.3 is 0 Å². The standard InChI is InChI=1S/C43H54N6O7S2/c1-46-22-24-47(25-23-46)21-7-9-36(32-57-37-10-4-3-5-11-37)44-40-19-17-38(31-41(40)49(51)52)58(53,54)45-43(50)35-15-13-34(14-16-35)39-18-12-33(30-42(39)55-2)8-6-20-48-26-28-56-29-27-48/h3-5,10-19,30-31,36,44H,6-9,20-29,32H2,1-2H3,(H,45,50)/t36-/m1/s1. The number of amides is 1. The van der Waals surface area contributed by atoms with Gasteiger partial charge in [-0.2, -0.15) is 0 Å². The highest BCUT2D eigenvalue weighted by atomic mass is 32.2. The maximum Gasteiger partial charge on any atom is 0.293 e. The summed E-state index contributed by atoms with van der Waals surface area (Å²) < 4.78 is 40.2. The normalized spacial score (nSPS) is 16.1. The number of hydrogen-bond acceptors (Lipinski definition) is 12. The van der Waals surface area contributed by atoms with Crippen molar-refractivity contribution in [3.63, 3.8) is 0 Å². The third-order valence-electron chi connectivity index (χ3n) is 10.6. The van der Waals surface area contributed by atoms with Crippen molar-refractivity contribution in [2.45, 2.75) is 41.5 Å². The fourth-order valence-electron chi connectivity index (χ4n) is 7.22. The molecule has 1 atom stereocenters. The number of benzene rings is 4. The third kappa shape index (κ3) is 12.3. The van der Waals surface area contributed by atoms with E-state index in [1.807, 2.05) is 42.5 Å². The highest BCUT2D eigenvalue weighted by Crippen LogP contribution is 2.33. The maximum atomic E-state index is 13.5. The summed E-state index contributed by atoms with van der Waals surface area (Å²) in [5, 5.41) is 15.7. The second-order valence-electron chi connectivity index (χ2n) is 14.8. The lowest BCUT2D eigenvalue weighted by Crippen LogP contribution is -2.44. The number of carbonyl (C=O) groups excluding carboxylic acids is 1. The lowest BCUT2D eigenvalue weighted by molar-refractivity contribution is -0.384. The van der Waals surface area contributed by atoms with Crippen LogP contribution in [0.15, 0.2) is 101 Å². The molecule has 0 saturated carbocycles. The number of aryl methyl sites for hydroxylation is 1. The van der Waals surface area contributed by atoms with E-state index in [0.29, 0.717) is 11.5 Å². The Morgan fingerprint density at radius 3 is 2.31 bits per heavy atom. The summed E-state index contributed by atoms with van der Waals surface area (Å²) in [7, 11) is -0.705. The van der Waals surface area contributed by atoms with Crippen LogP contribution < -0.4 is 14.8 Å². The molecule has 4 aromatic rings. The Kier molecular flexibility index (Phi) is 15.6. The first-order chi connectivity index (χ1) is 28.1. The smallest absolute Gasteiger partial charge is 0.293 e. The number of likely N-dealkylation sites (N-methyl/N-ethyl adjacent to an activating group) is 1. The van der Waals surface area contributed by atoms with Crippen molar-refractivity contribution in [3.8, 4) is 16.9 Å². The summed E-state index contributed by atoms with van der Waals surface area (Å²) in [6.07, 6.45) is 3.61.